The minimum Gasteiger partial charge on any atom is -0.352 e. The van der Waals surface area contributed by atoms with Crippen LogP contribution in [0.1, 0.15) is 30.4 Å². The van der Waals surface area contributed by atoms with Crippen LogP contribution in [0.5, 0.6) is 0 Å². The van der Waals surface area contributed by atoms with Crippen LogP contribution in [0.4, 0.5) is 0 Å². The summed E-state index contributed by atoms with van der Waals surface area (Å²) < 4.78 is 0. The number of aryl methyl sites for hydroxylation is 2. The van der Waals surface area contributed by atoms with Gasteiger partial charge >= 0.3 is 0 Å². The molecular formula is C15H22N2O. The van der Waals surface area contributed by atoms with Gasteiger partial charge in [-0.3, -0.25) is 4.79 Å². The van der Waals surface area contributed by atoms with Crippen molar-refractivity contribution in [2.45, 2.75) is 38.6 Å². The summed E-state index contributed by atoms with van der Waals surface area (Å²) in [6, 6.07) is 8.41. The third-order valence-corrected chi connectivity index (χ3v) is 3.67. The normalized spacial score (nSPS) is 16.3. The van der Waals surface area contributed by atoms with Gasteiger partial charge in [-0.25, -0.2) is 0 Å². The molecule has 3 heteroatoms. The van der Waals surface area contributed by atoms with Crippen LogP contribution in [0, 0.1) is 12.8 Å². The first kappa shape index (κ1) is 13.1. The van der Waals surface area contributed by atoms with E-state index in [0.29, 0.717) is 18.9 Å². The number of hydrogen-bond acceptors (Lipinski definition) is 2. The molecule has 1 unspecified atom stereocenters. The largest absolute Gasteiger partial charge is 0.352 e. The first-order valence-corrected chi connectivity index (χ1v) is 6.74. The summed E-state index contributed by atoms with van der Waals surface area (Å²) in [6.45, 7) is 2.64. The molecule has 0 spiro atoms. The molecule has 2 rings (SSSR count). The number of carbonyl (C=O) groups excluding carboxylic acids is 1. The van der Waals surface area contributed by atoms with Gasteiger partial charge in [0.15, 0.2) is 0 Å². The smallest absolute Gasteiger partial charge is 0.220 e. The Morgan fingerprint density at radius 3 is 2.78 bits per heavy atom. The van der Waals surface area contributed by atoms with Gasteiger partial charge in [0.05, 0.1) is 0 Å². The molecule has 3 nitrogen and oxygen atoms in total. The van der Waals surface area contributed by atoms with E-state index in [2.05, 4.69) is 24.4 Å². The molecule has 1 aromatic rings. The van der Waals surface area contributed by atoms with Crippen molar-refractivity contribution in [1.82, 2.24) is 5.32 Å². The first-order chi connectivity index (χ1) is 8.70. The van der Waals surface area contributed by atoms with Crippen molar-refractivity contribution in [3.05, 3.63) is 35.4 Å². The zero-order valence-electron chi connectivity index (χ0n) is 11.0. The lowest BCUT2D eigenvalue weighted by Gasteiger charge is -2.16. The molecule has 0 bridgehead atoms. The van der Waals surface area contributed by atoms with E-state index in [4.69, 9.17) is 5.73 Å². The molecule has 1 fully saturated rings. The van der Waals surface area contributed by atoms with Crippen molar-refractivity contribution in [2.24, 2.45) is 11.7 Å². The number of nitrogens with two attached hydrogens (primary N) is 1. The van der Waals surface area contributed by atoms with Crippen LogP contribution < -0.4 is 11.1 Å². The maximum Gasteiger partial charge on any atom is 0.220 e. The molecule has 1 aliphatic rings. The molecule has 0 aliphatic heterocycles. The van der Waals surface area contributed by atoms with Crippen molar-refractivity contribution < 1.29 is 4.79 Å². The Balaban J connectivity index is 1.79. The summed E-state index contributed by atoms with van der Waals surface area (Å²) in [5.41, 5.74) is 8.18. The van der Waals surface area contributed by atoms with Gasteiger partial charge in [0.1, 0.15) is 0 Å². The highest BCUT2D eigenvalue weighted by Crippen LogP contribution is 2.32. The van der Waals surface area contributed by atoms with Gasteiger partial charge in [0.25, 0.3) is 0 Å². The number of benzene rings is 1. The van der Waals surface area contributed by atoms with Gasteiger partial charge in [0, 0.05) is 19.0 Å². The Labute approximate surface area is 109 Å². The number of carbonyl (C=O) groups is 1. The Kier molecular flexibility index (Phi) is 4.37. The minimum absolute atomic E-state index is 0.126. The second-order valence-corrected chi connectivity index (χ2v) is 5.17. The van der Waals surface area contributed by atoms with E-state index in [-0.39, 0.29) is 11.9 Å². The predicted octanol–water partition coefficient (Wildman–Crippen LogP) is 1.78. The fourth-order valence-corrected chi connectivity index (χ4v) is 2.29. The van der Waals surface area contributed by atoms with Gasteiger partial charge in [0.2, 0.25) is 5.91 Å². The van der Waals surface area contributed by atoms with Crippen molar-refractivity contribution in [2.75, 3.05) is 6.54 Å². The minimum atomic E-state index is 0.126. The Morgan fingerprint density at radius 1 is 1.44 bits per heavy atom. The van der Waals surface area contributed by atoms with Gasteiger partial charge in [-0.15, -0.1) is 0 Å². The number of hydrogen-bond donors (Lipinski definition) is 2. The standard InChI is InChI=1S/C15H22N2O/c1-11-4-2-3-5-12(11)8-9-15(18)17-14(10-16)13-6-7-13/h2-5,13-14H,6-10,16H2,1H3,(H,17,18). The molecule has 98 valence electrons. The lowest BCUT2D eigenvalue weighted by Crippen LogP contribution is -2.41. The maximum absolute atomic E-state index is 11.9. The van der Waals surface area contributed by atoms with E-state index in [1.54, 1.807) is 0 Å². The van der Waals surface area contributed by atoms with E-state index in [0.717, 1.165) is 6.42 Å². The molecule has 18 heavy (non-hydrogen) atoms. The lowest BCUT2D eigenvalue weighted by atomic mass is 10.0. The summed E-state index contributed by atoms with van der Waals surface area (Å²) in [5, 5.41) is 3.05. The van der Waals surface area contributed by atoms with Gasteiger partial charge in [-0.1, -0.05) is 24.3 Å². The highest BCUT2D eigenvalue weighted by Gasteiger charge is 2.30. The number of nitrogens with one attached hydrogen (secondary N) is 1. The molecule has 1 atom stereocenters. The number of amides is 1. The van der Waals surface area contributed by atoms with E-state index >= 15 is 0 Å². The van der Waals surface area contributed by atoms with Crippen LogP contribution in [0.3, 0.4) is 0 Å². The molecule has 0 saturated heterocycles. The summed E-state index contributed by atoms with van der Waals surface area (Å²) in [5.74, 6) is 0.748. The van der Waals surface area contributed by atoms with Crippen molar-refractivity contribution in [3.8, 4) is 0 Å². The van der Waals surface area contributed by atoms with Gasteiger partial charge < -0.3 is 11.1 Å². The van der Waals surface area contributed by atoms with Crippen LogP contribution in [-0.4, -0.2) is 18.5 Å². The average molecular weight is 246 g/mol. The monoisotopic (exact) mass is 246 g/mol. The fourth-order valence-electron chi connectivity index (χ4n) is 2.29. The van der Waals surface area contributed by atoms with E-state index in [1.165, 1.54) is 24.0 Å². The van der Waals surface area contributed by atoms with E-state index < -0.39 is 0 Å². The Bertz CT molecular complexity index is 413. The third kappa shape index (κ3) is 3.57. The molecular weight excluding hydrogens is 224 g/mol. The lowest BCUT2D eigenvalue weighted by molar-refractivity contribution is -0.121. The maximum atomic E-state index is 11.9. The molecule has 0 heterocycles. The Morgan fingerprint density at radius 2 is 2.17 bits per heavy atom. The van der Waals surface area contributed by atoms with Crippen LogP contribution in [0.15, 0.2) is 24.3 Å². The van der Waals surface area contributed by atoms with Gasteiger partial charge in [-0.2, -0.15) is 0 Å². The Hall–Kier alpha value is -1.35. The molecule has 1 amide bonds. The van der Waals surface area contributed by atoms with Crippen LogP contribution in [-0.2, 0) is 11.2 Å². The molecule has 3 N–H and O–H groups in total. The molecule has 1 aliphatic carbocycles. The second-order valence-electron chi connectivity index (χ2n) is 5.17. The van der Waals surface area contributed by atoms with Crippen LogP contribution in [0.25, 0.3) is 0 Å². The van der Waals surface area contributed by atoms with Gasteiger partial charge in [-0.05, 0) is 43.2 Å². The zero-order valence-corrected chi connectivity index (χ0v) is 11.0. The van der Waals surface area contributed by atoms with Crippen LogP contribution in [0.2, 0.25) is 0 Å². The van der Waals surface area contributed by atoms with Crippen molar-refractivity contribution in [3.63, 3.8) is 0 Å². The summed E-state index contributed by atoms with van der Waals surface area (Å²) in [4.78, 5) is 11.9. The molecule has 0 radical (unpaired) electrons. The molecule has 1 aromatic carbocycles. The van der Waals surface area contributed by atoms with E-state index in [9.17, 15) is 4.79 Å². The number of rotatable bonds is 6. The highest BCUT2D eigenvalue weighted by molar-refractivity contribution is 5.76. The van der Waals surface area contributed by atoms with E-state index in [1.807, 2.05) is 12.1 Å². The SMILES string of the molecule is Cc1ccccc1CCC(=O)NC(CN)C1CC1. The van der Waals surface area contributed by atoms with Crippen molar-refractivity contribution >= 4 is 5.91 Å². The summed E-state index contributed by atoms with van der Waals surface area (Å²) in [7, 11) is 0. The average Bonchev–Trinajstić information content (AvgIpc) is 3.19. The topological polar surface area (TPSA) is 55.1 Å². The fraction of sp³-hybridized carbons (Fsp3) is 0.533. The highest BCUT2D eigenvalue weighted by atomic mass is 16.1. The molecule has 0 aromatic heterocycles. The summed E-state index contributed by atoms with van der Waals surface area (Å²) >= 11 is 0. The summed E-state index contributed by atoms with van der Waals surface area (Å²) in [6.07, 6.45) is 3.77. The predicted molar refractivity (Wildman–Crippen MR) is 73.2 cm³/mol. The molecule has 1 saturated carbocycles. The third-order valence-electron chi connectivity index (χ3n) is 3.67. The quantitative estimate of drug-likeness (QED) is 0.804. The van der Waals surface area contributed by atoms with Crippen LogP contribution >= 0.6 is 0 Å². The second kappa shape index (κ2) is 6.01. The zero-order chi connectivity index (χ0) is 13.0. The first-order valence-electron chi connectivity index (χ1n) is 6.74. The van der Waals surface area contributed by atoms with Crippen molar-refractivity contribution in [1.29, 1.82) is 0 Å².